The molecule has 0 N–H and O–H groups in total. The largest absolute Gasteiger partial charge is 0.237 e. The van der Waals surface area contributed by atoms with Crippen LogP contribution in [0.3, 0.4) is 0 Å². The summed E-state index contributed by atoms with van der Waals surface area (Å²) in [6.45, 7) is 4.46. The van der Waals surface area contributed by atoms with Gasteiger partial charge in [-0.25, -0.2) is 5.11 Å². The molecule has 0 amide bonds. The zero-order chi connectivity index (χ0) is 9.94. The summed E-state index contributed by atoms with van der Waals surface area (Å²) in [4.78, 5) is 0. The molecule has 1 nitrogen and oxygen atoms in total. The molecule has 77 valence electrons. The van der Waals surface area contributed by atoms with Gasteiger partial charge < -0.3 is 0 Å². The van der Waals surface area contributed by atoms with Gasteiger partial charge in [-0.15, -0.1) is 0 Å². The summed E-state index contributed by atoms with van der Waals surface area (Å²) in [5.74, 6) is 0.622. The topological polar surface area (TPSA) is 19.9 Å². The molecule has 13 heavy (non-hydrogen) atoms. The van der Waals surface area contributed by atoms with Gasteiger partial charge in [0, 0.05) is 0 Å². The highest BCUT2D eigenvalue weighted by Gasteiger charge is 1.99. The Morgan fingerprint density at radius 2 is 1.85 bits per heavy atom. The molecule has 0 aromatic rings. The van der Waals surface area contributed by atoms with Crippen molar-refractivity contribution in [2.75, 3.05) is 6.61 Å². The summed E-state index contributed by atoms with van der Waals surface area (Å²) in [5.41, 5.74) is 0. The van der Waals surface area contributed by atoms with Crippen molar-refractivity contribution in [3.63, 3.8) is 0 Å². The van der Waals surface area contributed by atoms with Gasteiger partial charge >= 0.3 is 0 Å². The van der Waals surface area contributed by atoms with E-state index in [1.54, 1.807) is 0 Å². The molecule has 0 rings (SSSR count). The van der Waals surface area contributed by atoms with Crippen molar-refractivity contribution in [2.45, 2.75) is 52.4 Å². The Labute approximate surface area is 82.9 Å². The molecule has 0 aromatic carbocycles. The molecule has 0 aliphatic carbocycles. The van der Waals surface area contributed by atoms with Crippen LogP contribution in [-0.2, 0) is 5.11 Å². The van der Waals surface area contributed by atoms with Crippen LogP contribution in [0.4, 0.5) is 0 Å². The van der Waals surface area contributed by atoms with Crippen LogP contribution in [0, 0.1) is 5.92 Å². The van der Waals surface area contributed by atoms with E-state index in [9.17, 15) is 5.11 Å². The van der Waals surface area contributed by atoms with Gasteiger partial charge in [0.15, 0.2) is 0 Å². The van der Waals surface area contributed by atoms with Gasteiger partial charge in [0.1, 0.15) is 0 Å². The second-order valence-electron chi connectivity index (χ2n) is 3.79. The first-order chi connectivity index (χ1) is 6.31. The lowest BCUT2D eigenvalue weighted by Gasteiger charge is -2.06. The van der Waals surface area contributed by atoms with Crippen LogP contribution in [0.2, 0.25) is 0 Å². The summed E-state index contributed by atoms with van der Waals surface area (Å²) in [6, 6.07) is 0. The van der Waals surface area contributed by atoms with Crippen LogP contribution < -0.4 is 0 Å². The van der Waals surface area contributed by atoms with Crippen molar-refractivity contribution in [1.29, 1.82) is 0 Å². The lowest BCUT2D eigenvalue weighted by atomic mass is 10.0. The van der Waals surface area contributed by atoms with Crippen molar-refractivity contribution >= 4 is 0 Å². The van der Waals surface area contributed by atoms with Gasteiger partial charge in [0.25, 0.3) is 0 Å². The summed E-state index contributed by atoms with van der Waals surface area (Å²) in [6.07, 6.45) is 11.5. The van der Waals surface area contributed by atoms with Crippen molar-refractivity contribution in [2.24, 2.45) is 5.92 Å². The molecule has 1 atom stereocenters. The molecule has 1 heteroatoms. The highest BCUT2D eigenvalue weighted by molar-refractivity contribution is 4.80. The molecular formula is C12H23O. The van der Waals surface area contributed by atoms with Crippen LogP contribution in [0.25, 0.3) is 0 Å². The number of hydrogen-bond donors (Lipinski definition) is 0. The minimum Gasteiger partial charge on any atom is -0.237 e. The van der Waals surface area contributed by atoms with Crippen LogP contribution in [0.15, 0.2) is 12.2 Å². The number of unbranched alkanes of at least 4 members (excludes halogenated alkanes) is 2. The minimum atomic E-state index is 0.0901. The minimum absolute atomic E-state index is 0.0901. The Morgan fingerprint density at radius 3 is 2.46 bits per heavy atom. The van der Waals surface area contributed by atoms with E-state index < -0.39 is 0 Å². The first-order valence-electron chi connectivity index (χ1n) is 5.54. The Balaban J connectivity index is 3.15. The maximum atomic E-state index is 10.3. The number of hydrogen-bond acceptors (Lipinski definition) is 0. The van der Waals surface area contributed by atoms with Gasteiger partial charge in [-0.05, 0) is 31.6 Å². The fourth-order valence-corrected chi connectivity index (χ4v) is 1.33. The van der Waals surface area contributed by atoms with Crippen molar-refractivity contribution in [3.8, 4) is 0 Å². The summed E-state index contributed by atoms with van der Waals surface area (Å²) < 4.78 is 0. The fourth-order valence-electron chi connectivity index (χ4n) is 1.33. The molecule has 0 aliphatic heterocycles. The molecule has 0 saturated heterocycles. The molecule has 1 unspecified atom stereocenters. The number of allylic oxidation sites excluding steroid dienone is 2. The summed E-state index contributed by atoms with van der Waals surface area (Å²) in [5, 5.41) is 10.3. The first kappa shape index (κ1) is 12.7. The molecular weight excluding hydrogens is 160 g/mol. The van der Waals surface area contributed by atoms with Crippen molar-refractivity contribution in [1.82, 2.24) is 0 Å². The highest BCUT2D eigenvalue weighted by atomic mass is 16.2. The third-order valence-electron chi connectivity index (χ3n) is 2.30. The van der Waals surface area contributed by atoms with E-state index in [1.165, 1.54) is 32.1 Å². The molecule has 0 spiro atoms. The second kappa shape index (κ2) is 9.79. The van der Waals surface area contributed by atoms with E-state index in [1.807, 2.05) is 0 Å². The second-order valence-corrected chi connectivity index (χ2v) is 3.79. The normalized spacial score (nSPS) is 13.8. The quantitative estimate of drug-likeness (QED) is 0.401. The molecule has 0 bridgehead atoms. The van der Waals surface area contributed by atoms with Crippen LogP contribution in [0.1, 0.15) is 52.4 Å². The predicted molar refractivity (Wildman–Crippen MR) is 57.2 cm³/mol. The Hall–Kier alpha value is -0.300. The Kier molecular flexibility index (Phi) is 9.56. The zero-order valence-electron chi connectivity index (χ0n) is 9.09. The number of rotatable bonds is 8. The lowest BCUT2D eigenvalue weighted by Crippen LogP contribution is -1.96. The summed E-state index contributed by atoms with van der Waals surface area (Å²) >= 11 is 0. The molecule has 0 aliphatic rings. The van der Waals surface area contributed by atoms with Gasteiger partial charge in [0.2, 0.25) is 0 Å². The third kappa shape index (κ3) is 9.62. The van der Waals surface area contributed by atoms with Gasteiger partial charge in [-0.2, -0.15) is 0 Å². The molecule has 0 heterocycles. The standard InChI is InChI=1S/C12H23O/c1-3-4-5-6-7-8-9-12(2)10-11-13/h5-6,12H,3-4,7-11H2,1-2H3. The predicted octanol–water partition coefficient (Wildman–Crippen LogP) is 3.97. The van der Waals surface area contributed by atoms with E-state index in [4.69, 9.17) is 0 Å². The lowest BCUT2D eigenvalue weighted by molar-refractivity contribution is 0.171. The molecule has 0 fully saturated rings. The average molecular weight is 183 g/mol. The average Bonchev–Trinajstić information content (AvgIpc) is 2.11. The van der Waals surface area contributed by atoms with E-state index in [-0.39, 0.29) is 6.61 Å². The first-order valence-corrected chi connectivity index (χ1v) is 5.54. The SMILES string of the molecule is CCCC=CCCCC(C)CC[O]. The van der Waals surface area contributed by atoms with E-state index in [0.29, 0.717) is 5.92 Å². The molecule has 0 aromatic heterocycles. The Morgan fingerprint density at radius 1 is 1.15 bits per heavy atom. The smallest absolute Gasteiger partial charge is 0.0824 e. The Bertz CT molecular complexity index is 118. The van der Waals surface area contributed by atoms with Gasteiger partial charge in [-0.3, -0.25) is 0 Å². The van der Waals surface area contributed by atoms with E-state index in [0.717, 1.165) is 6.42 Å². The third-order valence-corrected chi connectivity index (χ3v) is 2.30. The fraction of sp³-hybridized carbons (Fsp3) is 0.833. The summed E-state index contributed by atoms with van der Waals surface area (Å²) in [7, 11) is 0. The van der Waals surface area contributed by atoms with Gasteiger partial charge in [-0.1, -0.05) is 38.8 Å². The maximum absolute atomic E-state index is 10.3. The van der Waals surface area contributed by atoms with Crippen molar-refractivity contribution in [3.05, 3.63) is 12.2 Å². The molecule has 1 radical (unpaired) electrons. The van der Waals surface area contributed by atoms with Crippen LogP contribution in [-0.4, -0.2) is 6.61 Å². The van der Waals surface area contributed by atoms with Crippen LogP contribution >= 0.6 is 0 Å². The monoisotopic (exact) mass is 183 g/mol. The molecule has 0 saturated carbocycles. The maximum Gasteiger partial charge on any atom is 0.0824 e. The van der Waals surface area contributed by atoms with Crippen molar-refractivity contribution < 1.29 is 5.11 Å². The van der Waals surface area contributed by atoms with Crippen LogP contribution in [0.5, 0.6) is 0 Å². The van der Waals surface area contributed by atoms with Gasteiger partial charge in [0.05, 0.1) is 6.61 Å². The van der Waals surface area contributed by atoms with E-state index >= 15 is 0 Å². The van der Waals surface area contributed by atoms with E-state index in [2.05, 4.69) is 26.0 Å². The zero-order valence-corrected chi connectivity index (χ0v) is 9.09. The highest BCUT2D eigenvalue weighted by Crippen LogP contribution is 2.11.